The normalized spacial score (nSPS) is 15.0. The number of benzene rings is 1. The van der Waals surface area contributed by atoms with E-state index < -0.39 is 0 Å². The molecule has 1 N–H and O–H groups in total. The molecule has 0 atom stereocenters. The van der Waals surface area contributed by atoms with Crippen molar-refractivity contribution in [3.05, 3.63) is 30.3 Å². The van der Waals surface area contributed by atoms with Crippen molar-refractivity contribution in [2.24, 2.45) is 0 Å². The minimum Gasteiger partial charge on any atom is -0.383 e. The highest BCUT2D eigenvalue weighted by Gasteiger charge is 2.24. The summed E-state index contributed by atoms with van der Waals surface area (Å²) < 4.78 is 7.25. The molecule has 0 saturated carbocycles. The molecule has 2 amide bonds. The Hall–Kier alpha value is -2.43. The molecule has 180 valence electrons. The Balaban J connectivity index is 1.53. The van der Waals surface area contributed by atoms with E-state index in [1.165, 1.54) is 11.8 Å². The fourth-order valence-electron chi connectivity index (χ4n) is 3.61. The number of hydrogen-bond acceptors (Lipinski definition) is 7. The largest absolute Gasteiger partial charge is 0.383 e. The summed E-state index contributed by atoms with van der Waals surface area (Å²) >= 11 is 1.40. The zero-order valence-corrected chi connectivity index (χ0v) is 20.7. The number of nitrogens with zero attached hydrogens (tertiary/aromatic N) is 5. The Bertz CT molecular complexity index is 920. The van der Waals surface area contributed by atoms with Gasteiger partial charge in [0.1, 0.15) is 0 Å². The molecule has 0 radical (unpaired) electrons. The van der Waals surface area contributed by atoms with Gasteiger partial charge in [-0.05, 0) is 20.8 Å². The molecule has 2 heterocycles. The zero-order valence-electron chi connectivity index (χ0n) is 19.9. The van der Waals surface area contributed by atoms with Crippen LogP contribution in [0, 0.1) is 0 Å². The number of rotatable bonds is 9. The third-order valence-corrected chi connectivity index (χ3v) is 6.15. The van der Waals surface area contributed by atoms with Crippen LogP contribution in [0.3, 0.4) is 0 Å². The molecule has 2 aromatic rings. The average molecular weight is 475 g/mol. The van der Waals surface area contributed by atoms with Crippen LogP contribution in [0.4, 0.5) is 0 Å². The van der Waals surface area contributed by atoms with E-state index in [1.54, 1.807) is 7.11 Å². The summed E-state index contributed by atoms with van der Waals surface area (Å²) in [5.41, 5.74) is 0.738. The van der Waals surface area contributed by atoms with E-state index in [4.69, 9.17) is 4.74 Å². The third-order valence-electron chi connectivity index (χ3n) is 5.20. The Morgan fingerprint density at radius 1 is 1.09 bits per heavy atom. The van der Waals surface area contributed by atoms with Crippen LogP contribution < -0.4 is 5.32 Å². The number of nitrogens with one attached hydrogen (secondary N) is 1. The van der Waals surface area contributed by atoms with Gasteiger partial charge in [0.2, 0.25) is 11.8 Å². The van der Waals surface area contributed by atoms with Crippen molar-refractivity contribution in [1.29, 1.82) is 0 Å². The van der Waals surface area contributed by atoms with Gasteiger partial charge in [0.05, 0.1) is 25.4 Å². The van der Waals surface area contributed by atoms with Gasteiger partial charge >= 0.3 is 0 Å². The van der Waals surface area contributed by atoms with Crippen LogP contribution in [0.25, 0.3) is 11.4 Å². The van der Waals surface area contributed by atoms with Crippen LogP contribution in [0.1, 0.15) is 20.8 Å². The van der Waals surface area contributed by atoms with E-state index in [1.807, 2.05) is 60.6 Å². The van der Waals surface area contributed by atoms with Crippen molar-refractivity contribution < 1.29 is 14.3 Å². The van der Waals surface area contributed by atoms with Gasteiger partial charge in [0.15, 0.2) is 11.0 Å². The predicted octanol–water partition coefficient (Wildman–Crippen LogP) is 1.74. The van der Waals surface area contributed by atoms with E-state index in [0.717, 1.165) is 11.4 Å². The molecule has 1 aromatic heterocycles. The number of carbonyl (C=O) groups is 2. The molecule has 0 spiro atoms. The van der Waals surface area contributed by atoms with Crippen LogP contribution in [0.2, 0.25) is 0 Å². The minimum absolute atomic E-state index is 0.0162. The lowest BCUT2D eigenvalue weighted by Crippen LogP contribution is -2.53. The van der Waals surface area contributed by atoms with Crippen molar-refractivity contribution in [3.8, 4) is 11.4 Å². The van der Waals surface area contributed by atoms with E-state index in [0.29, 0.717) is 56.8 Å². The SMILES string of the molecule is COCCn1c(SCC(=O)N2CCN(CC(=O)NC(C)(C)C)CC2)nnc1-c1ccccc1. The van der Waals surface area contributed by atoms with Gasteiger partial charge in [0, 0.05) is 44.4 Å². The Labute approximate surface area is 199 Å². The molecule has 0 bridgehead atoms. The zero-order chi connectivity index (χ0) is 23.8. The number of aromatic nitrogens is 3. The van der Waals surface area contributed by atoms with E-state index in [9.17, 15) is 9.59 Å². The van der Waals surface area contributed by atoms with E-state index in [-0.39, 0.29) is 17.4 Å². The molecule has 10 heteroatoms. The first-order valence-electron chi connectivity index (χ1n) is 11.2. The predicted molar refractivity (Wildman–Crippen MR) is 129 cm³/mol. The summed E-state index contributed by atoms with van der Waals surface area (Å²) in [5.74, 6) is 1.15. The summed E-state index contributed by atoms with van der Waals surface area (Å²) in [6, 6.07) is 9.88. The quantitative estimate of drug-likeness (QED) is 0.554. The number of hydrogen-bond donors (Lipinski definition) is 1. The highest BCUT2D eigenvalue weighted by molar-refractivity contribution is 7.99. The standard InChI is InChI=1S/C23H34N6O3S/c1-23(2,3)24-19(30)16-27-10-12-28(13-11-27)20(31)17-33-22-26-25-21(29(22)14-15-32-4)18-8-6-5-7-9-18/h5-9H,10-17H2,1-4H3,(H,24,30). The van der Waals surface area contributed by atoms with Crippen LogP contribution in [-0.2, 0) is 20.9 Å². The van der Waals surface area contributed by atoms with Crippen molar-refractivity contribution >= 4 is 23.6 Å². The molecule has 0 unspecified atom stereocenters. The molecule has 1 aliphatic heterocycles. The van der Waals surface area contributed by atoms with Crippen LogP contribution in [0.5, 0.6) is 0 Å². The molecule has 1 aliphatic rings. The van der Waals surface area contributed by atoms with Crippen molar-refractivity contribution in [3.63, 3.8) is 0 Å². The van der Waals surface area contributed by atoms with Gasteiger partial charge in [0.25, 0.3) is 0 Å². The summed E-state index contributed by atoms with van der Waals surface area (Å²) in [4.78, 5) is 28.9. The summed E-state index contributed by atoms with van der Waals surface area (Å²) in [6.07, 6.45) is 0. The Kier molecular flexibility index (Phi) is 8.87. The smallest absolute Gasteiger partial charge is 0.234 e. The van der Waals surface area contributed by atoms with Crippen molar-refractivity contribution in [2.75, 3.05) is 52.2 Å². The lowest BCUT2D eigenvalue weighted by molar-refractivity contribution is -0.130. The molecular weight excluding hydrogens is 440 g/mol. The molecule has 1 aromatic carbocycles. The molecule has 9 nitrogen and oxygen atoms in total. The third kappa shape index (κ3) is 7.55. The molecule has 3 rings (SSSR count). The van der Waals surface area contributed by atoms with Crippen LogP contribution >= 0.6 is 11.8 Å². The summed E-state index contributed by atoms with van der Waals surface area (Å²) in [6.45, 7) is 10.0. The van der Waals surface area contributed by atoms with Gasteiger partial charge in [-0.15, -0.1) is 10.2 Å². The Morgan fingerprint density at radius 3 is 2.42 bits per heavy atom. The lowest BCUT2D eigenvalue weighted by Gasteiger charge is -2.34. The maximum absolute atomic E-state index is 12.8. The first-order chi connectivity index (χ1) is 15.8. The Morgan fingerprint density at radius 2 is 1.79 bits per heavy atom. The average Bonchev–Trinajstić information content (AvgIpc) is 3.18. The number of piperazine rings is 1. The van der Waals surface area contributed by atoms with E-state index in [2.05, 4.69) is 20.4 Å². The number of amides is 2. The number of methoxy groups -OCH3 is 1. The van der Waals surface area contributed by atoms with Gasteiger partial charge in [-0.1, -0.05) is 42.1 Å². The maximum atomic E-state index is 12.8. The van der Waals surface area contributed by atoms with Crippen molar-refractivity contribution in [1.82, 2.24) is 29.9 Å². The summed E-state index contributed by atoms with van der Waals surface area (Å²) in [5, 5.41) is 12.4. The maximum Gasteiger partial charge on any atom is 0.234 e. The summed E-state index contributed by atoms with van der Waals surface area (Å²) in [7, 11) is 1.66. The van der Waals surface area contributed by atoms with Gasteiger partial charge in [-0.3, -0.25) is 19.1 Å². The molecule has 1 saturated heterocycles. The highest BCUT2D eigenvalue weighted by atomic mass is 32.2. The minimum atomic E-state index is -0.240. The number of ether oxygens (including phenoxy) is 1. The molecule has 0 aliphatic carbocycles. The first kappa shape index (κ1) is 25.2. The fraction of sp³-hybridized carbons (Fsp3) is 0.565. The number of thioether (sulfide) groups is 1. The highest BCUT2D eigenvalue weighted by Crippen LogP contribution is 2.24. The van der Waals surface area contributed by atoms with Crippen LogP contribution in [0.15, 0.2) is 35.5 Å². The molecule has 1 fully saturated rings. The van der Waals surface area contributed by atoms with Crippen molar-refractivity contribution in [2.45, 2.75) is 38.0 Å². The monoisotopic (exact) mass is 474 g/mol. The van der Waals surface area contributed by atoms with Gasteiger partial charge in [-0.25, -0.2) is 0 Å². The number of carbonyl (C=O) groups excluding carboxylic acids is 2. The second-order valence-corrected chi connectivity index (χ2v) is 10.0. The second kappa shape index (κ2) is 11.6. The second-order valence-electron chi connectivity index (χ2n) is 9.06. The van der Waals surface area contributed by atoms with Gasteiger partial charge in [-0.2, -0.15) is 0 Å². The fourth-order valence-corrected chi connectivity index (χ4v) is 4.48. The van der Waals surface area contributed by atoms with Crippen LogP contribution in [-0.4, -0.2) is 94.1 Å². The van der Waals surface area contributed by atoms with E-state index >= 15 is 0 Å². The molecular formula is C23H34N6O3S. The molecule has 33 heavy (non-hydrogen) atoms. The lowest BCUT2D eigenvalue weighted by atomic mass is 10.1. The van der Waals surface area contributed by atoms with Gasteiger partial charge < -0.3 is 15.0 Å². The first-order valence-corrected chi connectivity index (χ1v) is 12.2. The topological polar surface area (TPSA) is 92.6 Å².